The van der Waals surface area contributed by atoms with E-state index >= 15 is 0 Å². The van der Waals surface area contributed by atoms with Crippen molar-refractivity contribution in [3.63, 3.8) is 0 Å². The van der Waals surface area contributed by atoms with Crippen LogP contribution in [-0.2, 0) is 4.74 Å². The predicted octanol–water partition coefficient (Wildman–Crippen LogP) is 2.05. The van der Waals surface area contributed by atoms with Crippen LogP contribution in [-0.4, -0.2) is 38.3 Å². The van der Waals surface area contributed by atoms with E-state index in [2.05, 4.69) is 30.1 Å². The van der Waals surface area contributed by atoms with Gasteiger partial charge in [-0.15, -0.1) is 0 Å². The molecular formula is C15H22N2O2. The maximum absolute atomic E-state index is 11.6. The van der Waals surface area contributed by atoms with Crippen molar-refractivity contribution in [3.8, 4) is 0 Å². The molecule has 1 N–H and O–H groups in total. The molecule has 0 amide bonds. The summed E-state index contributed by atoms with van der Waals surface area (Å²) in [6, 6.07) is 8.63. The van der Waals surface area contributed by atoms with Crippen molar-refractivity contribution in [2.75, 3.05) is 25.1 Å². The van der Waals surface area contributed by atoms with Crippen molar-refractivity contribution in [2.24, 2.45) is 0 Å². The van der Waals surface area contributed by atoms with Gasteiger partial charge in [0.2, 0.25) is 0 Å². The van der Waals surface area contributed by atoms with E-state index in [0.29, 0.717) is 17.6 Å². The lowest BCUT2D eigenvalue weighted by atomic mass is 10.1. The van der Waals surface area contributed by atoms with Gasteiger partial charge in [-0.25, -0.2) is 4.79 Å². The monoisotopic (exact) mass is 262 g/mol. The van der Waals surface area contributed by atoms with Crippen LogP contribution in [0, 0.1) is 0 Å². The molecule has 2 unspecified atom stereocenters. The van der Waals surface area contributed by atoms with Crippen LogP contribution < -0.4 is 10.2 Å². The minimum absolute atomic E-state index is 0.282. The Morgan fingerprint density at radius 1 is 1.42 bits per heavy atom. The third-order valence-corrected chi connectivity index (χ3v) is 3.70. The van der Waals surface area contributed by atoms with Crippen molar-refractivity contribution in [1.82, 2.24) is 5.32 Å². The minimum Gasteiger partial charge on any atom is -0.465 e. The van der Waals surface area contributed by atoms with Crippen LogP contribution >= 0.6 is 0 Å². The molecule has 104 valence electrons. The standard InChI is InChI=1S/C15H22N2O2/c1-11-7-8-17(12(2)10-16-11)14-6-4-5-13(9-14)15(18)19-3/h4-6,9,11-12,16H,7-8,10H2,1-3H3. The lowest BCUT2D eigenvalue weighted by molar-refractivity contribution is 0.0601. The van der Waals surface area contributed by atoms with Crippen molar-refractivity contribution in [3.05, 3.63) is 29.8 Å². The van der Waals surface area contributed by atoms with Gasteiger partial charge in [0.1, 0.15) is 0 Å². The number of carbonyl (C=O) groups is 1. The van der Waals surface area contributed by atoms with Crippen LogP contribution in [0.2, 0.25) is 0 Å². The summed E-state index contributed by atoms with van der Waals surface area (Å²) in [5.74, 6) is -0.282. The van der Waals surface area contributed by atoms with Crippen LogP contribution in [0.1, 0.15) is 30.6 Å². The first-order valence-electron chi connectivity index (χ1n) is 6.80. The van der Waals surface area contributed by atoms with Crippen molar-refractivity contribution in [1.29, 1.82) is 0 Å². The number of carbonyl (C=O) groups excluding carboxylic acids is 1. The summed E-state index contributed by atoms with van der Waals surface area (Å²) in [5.41, 5.74) is 1.70. The molecule has 0 spiro atoms. The molecule has 1 fully saturated rings. The topological polar surface area (TPSA) is 41.6 Å². The molecular weight excluding hydrogens is 240 g/mol. The van der Waals surface area contributed by atoms with E-state index in [1.54, 1.807) is 6.07 Å². The fourth-order valence-corrected chi connectivity index (χ4v) is 2.45. The largest absolute Gasteiger partial charge is 0.465 e. The minimum atomic E-state index is -0.282. The third-order valence-electron chi connectivity index (χ3n) is 3.70. The SMILES string of the molecule is COC(=O)c1cccc(N2CCC(C)NCC2C)c1. The van der Waals surface area contributed by atoms with Crippen LogP contribution in [0.15, 0.2) is 24.3 Å². The van der Waals surface area contributed by atoms with Crippen molar-refractivity contribution >= 4 is 11.7 Å². The van der Waals surface area contributed by atoms with Crippen LogP contribution in [0.25, 0.3) is 0 Å². The zero-order valence-corrected chi connectivity index (χ0v) is 11.8. The first-order valence-corrected chi connectivity index (χ1v) is 6.80. The Balaban J connectivity index is 2.22. The molecule has 1 heterocycles. The number of rotatable bonds is 2. The zero-order valence-electron chi connectivity index (χ0n) is 11.8. The van der Waals surface area contributed by atoms with E-state index in [-0.39, 0.29) is 5.97 Å². The molecule has 4 heteroatoms. The maximum atomic E-state index is 11.6. The highest BCUT2D eigenvalue weighted by Crippen LogP contribution is 2.21. The van der Waals surface area contributed by atoms with Crippen molar-refractivity contribution < 1.29 is 9.53 Å². The normalized spacial score (nSPS) is 23.8. The highest BCUT2D eigenvalue weighted by molar-refractivity contribution is 5.90. The van der Waals surface area contributed by atoms with E-state index in [1.807, 2.05) is 12.1 Å². The first-order chi connectivity index (χ1) is 9.11. The molecule has 0 aromatic heterocycles. The summed E-state index contributed by atoms with van der Waals surface area (Å²) in [7, 11) is 1.41. The number of methoxy groups -OCH3 is 1. The number of esters is 1. The summed E-state index contributed by atoms with van der Waals surface area (Å²) >= 11 is 0. The van der Waals surface area contributed by atoms with Gasteiger partial charge in [-0.3, -0.25) is 0 Å². The molecule has 19 heavy (non-hydrogen) atoms. The molecule has 2 atom stereocenters. The Labute approximate surface area is 114 Å². The van der Waals surface area contributed by atoms with E-state index in [9.17, 15) is 4.79 Å². The van der Waals surface area contributed by atoms with Crippen LogP contribution in [0.4, 0.5) is 5.69 Å². The molecule has 4 nitrogen and oxygen atoms in total. The summed E-state index contributed by atoms with van der Waals surface area (Å²) in [6.07, 6.45) is 1.10. The molecule has 2 rings (SSSR count). The maximum Gasteiger partial charge on any atom is 0.337 e. The number of hydrogen-bond acceptors (Lipinski definition) is 4. The number of benzene rings is 1. The van der Waals surface area contributed by atoms with E-state index in [0.717, 1.165) is 25.2 Å². The average Bonchev–Trinajstić information content (AvgIpc) is 2.60. The summed E-state index contributed by atoms with van der Waals surface area (Å²) in [6.45, 7) is 6.38. The first kappa shape index (κ1) is 13.9. The molecule has 0 bridgehead atoms. The lowest BCUT2D eigenvalue weighted by Gasteiger charge is -2.29. The second-order valence-electron chi connectivity index (χ2n) is 5.18. The highest BCUT2D eigenvalue weighted by atomic mass is 16.5. The highest BCUT2D eigenvalue weighted by Gasteiger charge is 2.20. The Kier molecular flexibility index (Phi) is 4.43. The number of ether oxygens (including phenoxy) is 1. The van der Waals surface area contributed by atoms with Gasteiger partial charge in [-0.2, -0.15) is 0 Å². The predicted molar refractivity (Wildman–Crippen MR) is 76.7 cm³/mol. The molecule has 1 saturated heterocycles. The van der Waals surface area contributed by atoms with E-state index < -0.39 is 0 Å². The molecule has 1 aromatic carbocycles. The molecule has 0 saturated carbocycles. The van der Waals surface area contributed by atoms with Gasteiger partial charge in [0.05, 0.1) is 12.7 Å². The quantitative estimate of drug-likeness (QED) is 0.828. The third kappa shape index (κ3) is 3.26. The molecule has 1 aliphatic rings. The van der Waals surface area contributed by atoms with Gasteiger partial charge in [0.25, 0.3) is 0 Å². The summed E-state index contributed by atoms with van der Waals surface area (Å²) in [5, 5.41) is 3.51. The number of nitrogens with one attached hydrogen (secondary N) is 1. The van der Waals surface area contributed by atoms with Crippen molar-refractivity contribution in [2.45, 2.75) is 32.4 Å². The smallest absolute Gasteiger partial charge is 0.337 e. The number of anilines is 1. The Bertz CT molecular complexity index is 448. The Morgan fingerprint density at radius 2 is 2.21 bits per heavy atom. The van der Waals surface area contributed by atoms with Crippen LogP contribution in [0.5, 0.6) is 0 Å². The molecule has 0 aliphatic carbocycles. The fraction of sp³-hybridized carbons (Fsp3) is 0.533. The van der Waals surface area contributed by atoms with Gasteiger partial charge >= 0.3 is 5.97 Å². The molecule has 0 radical (unpaired) electrons. The number of hydrogen-bond donors (Lipinski definition) is 1. The van der Waals surface area contributed by atoms with Gasteiger partial charge in [0.15, 0.2) is 0 Å². The van der Waals surface area contributed by atoms with Gasteiger partial charge in [0, 0.05) is 30.9 Å². The summed E-state index contributed by atoms with van der Waals surface area (Å²) < 4.78 is 4.78. The zero-order chi connectivity index (χ0) is 13.8. The van der Waals surface area contributed by atoms with E-state index in [4.69, 9.17) is 4.74 Å². The van der Waals surface area contributed by atoms with Crippen LogP contribution in [0.3, 0.4) is 0 Å². The van der Waals surface area contributed by atoms with Gasteiger partial charge in [-0.05, 0) is 38.5 Å². The molecule has 1 aliphatic heterocycles. The van der Waals surface area contributed by atoms with Gasteiger partial charge < -0.3 is 15.0 Å². The van der Waals surface area contributed by atoms with E-state index in [1.165, 1.54) is 7.11 Å². The average molecular weight is 262 g/mol. The second kappa shape index (κ2) is 6.06. The lowest BCUT2D eigenvalue weighted by Crippen LogP contribution is -2.38. The fourth-order valence-electron chi connectivity index (χ4n) is 2.45. The summed E-state index contributed by atoms with van der Waals surface area (Å²) in [4.78, 5) is 13.9. The molecule has 1 aromatic rings. The Morgan fingerprint density at radius 3 is 2.95 bits per heavy atom. The van der Waals surface area contributed by atoms with Gasteiger partial charge in [-0.1, -0.05) is 6.07 Å². The second-order valence-corrected chi connectivity index (χ2v) is 5.18. The number of nitrogens with zero attached hydrogens (tertiary/aromatic N) is 1. The Hall–Kier alpha value is -1.55.